The van der Waals surface area contributed by atoms with Gasteiger partial charge in [0.05, 0.1) is 17.4 Å². The lowest BCUT2D eigenvalue weighted by atomic mass is 10.2. The van der Waals surface area contributed by atoms with Crippen LogP contribution in [0.2, 0.25) is 0 Å². The highest BCUT2D eigenvalue weighted by Gasteiger charge is 2.24. The molecule has 1 unspecified atom stereocenters. The highest BCUT2D eigenvalue weighted by Crippen LogP contribution is 2.29. The van der Waals surface area contributed by atoms with Gasteiger partial charge in [-0.3, -0.25) is 9.59 Å². The second kappa shape index (κ2) is 6.22. The molecule has 0 aliphatic carbocycles. The topological polar surface area (TPSA) is 75.4 Å². The number of hydrogen-bond acceptors (Lipinski definition) is 3. The molecular weight excluding hydrogens is 254 g/mol. The average Bonchev–Trinajstić information content (AvgIpc) is 2.86. The molecule has 104 valence electrons. The molecule has 1 saturated heterocycles. The van der Waals surface area contributed by atoms with E-state index in [1.54, 1.807) is 17.0 Å². The lowest BCUT2D eigenvalue weighted by Crippen LogP contribution is -2.36. The molecule has 0 saturated carbocycles. The van der Waals surface area contributed by atoms with E-state index in [1.807, 2.05) is 12.1 Å². The van der Waals surface area contributed by atoms with Gasteiger partial charge >= 0.3 is 0 Å². The molecule has 1 aromatic carbocycles. The number of carbonyl (C=O) groups is 2. The van der Waals surface area contributed by atoms with Crippen molar-refractivity contribution in [3.63, 3.8) is 0 Å². The number of para-hydroxylation sites is 2. The second-order valence-corrected chi connectivity index (χ2v) is 4.67. The number of anilines is 2. The molecule has 0 bridgehead atoms. The molecule has 5 heteroatoms. The highest BCUT2D eigenvalue weighted by atomic mass is 16.2. The molecule has 1 fully saturated rings. The Kier molecular flexibility index (Phi) is 4.38. The van der Waals surface area contributed by atoms with Crippen LogP contribution in [0.25, 0.3) is 0 Å². The molecular formula is C15H17N3O2. The quantitative estimate of drug-likeness (QED) is 0.805. The summed E-state index contributed by atoms with van der Waals surface area (Å²) < 4.78 is 0. The lowest BCUT2D eigenvalue weighted by Gasteiger charge is -2.20. The van der Waals surface area contributed by atoms with Crippen molar-refractivity contribution >= 4 is 23.2 Å². The van der Waals surface area contributed by atoms with Crippen molar-refractivity contribution in [1.82, 2.24) is 0 Å². The van der Waals surface area contributed by atoms with Crippen molar-refractivity contribution < 1.29 is 9.59 Å². The Morgan fingerprint density at radius 3 is 2.90 bits per heavy atom. The monoisotopic (exact) mass is 271 g/mol. The minimum Gasteiger partial charge on any atom is -0.323 e. The van der Waals surface area contributed by atoms with Crippen molar-refractivity contribution in [3.05, 3.63) is 24.3 Å². The van der Waals surface area contributed by atoms with Gasteiger partial charge in [0, 0.05) is 19.4 Å². The first-order chi connectivity index (χ1) is 9.63. The summed E-state index contributed by atoms with van der Waals surface area (Å²) in [5.74, 6) is 2.08. The van der Waals surface area contributed by atoms with E-state index in [2.05, 4.69) is 11.2 Å². The fourth-order valence-corrected chi connectivity index (χ4v) is 2.16. The number of amides is 2. The molecule has 0 spiro atoms. The SMILES string of the molecule is C#CCC(N)C(=O)Nc1ccccc1N1CCCC1=O. The highest BCUT2D eigenvalue weighted by molar-refractivity contribution is 6.03. The molecule has 1 heterocycles. The van der Waals surface area contributed by atoms with Crippen LogP contribution in [-0.2, 0) is 9.59 Å². The van der Waals surface area contributed by atoms with Crippen LogP contribution >= 0.6 is 0 Å². The fraction of sp³-hybridized carbons (Fsp3) is 0.333. The van der Waals surface area contributed by atoms with E-state index in [4.69, 9.17) is 12.2 Å². The summed E-state index contributed by atoms with van der Waals surface area (Å²) in [5, 5.41) is 2.74. The molecule has 0 radical (unpaired) electrons. The Morgan fingerprint density at radius 1 is 1.50 bits per heavy atom. The van der Waals surface area contributed by atoms with Gasteiger partial charge in [0.15, 0.2) is 0 Å². The number of nitrogens with one attached hydrogen (secondary N) is 1. The predicted molar refractivity (Wildman–Crippen MR) is 78.1 cm³/mol. The smallest absolute Gasteiger partial charge is 0.242 e. The number of hydrogen-bond donors (Lipinski definition) is 2. The first-order valence-electron chi connectivity index (χ1n) is 6.53. The fourth-order valence-electron chi connectivity index (χ4n) is 2.16. The molecule has 0 aromatic heterocycles. The maximum atomic E-state index is 11.9. The standard InChI is InChI=1S/C15H17N3O2/c1-2-6-11(16)15(20)17-12-7-3-4-8-13(12)18-10-5-9-14(18)19/h1,3-4,7-8,11H,5-6,9-10,16H2,(H,17,20). The Balaban J connectivity index is 2.18. The van der Waals surface area contributed by atoms with Crippen LogP contribution in [0.3, 0.4) is 0 Å². The Morgan fingerprint density at radius 2 is 2.25 bits per heavy atom. The number of benzene rings is 1. The van der Waals surface area contributed by atoms with Gasteiger partial charge in [-0.1, -0.05) is 12.1 Å². The number of nitrogens with two attached hydrogens (primary N) is 1. The summed E-state index contributed by atoms with van der Waals surface area (Å²) in [5.41, 5.74) is 6.96. The molecule has 2 rings (SSSR count). The zero-order chi connectivity index (χ0) is 14.5. The summed E-state index contributed by atoms with van der Waals surface area (Å²) in [7, 11) is 0. The molecule has 20 heavy (non-hydrogen) atoms. The van der Waals surface area contributed by atoms with Gasteiger partial charge in [-0.15, -0.1) is 12.3 Å². The molecule has 3 N–H and O–H groups in total. The van der Waals surface area contributed by atoms with Gasteiger partial charge in [0.2, 0.25) is 11.8 Å². The first-order valence-corrected chi connectivity index (χ1v) is 6.53. The molecule has 1 aliphatic rings. The predicted octanol–water partition coefficient (Wildman–Crippen LogP) is 1.10. The van der Waals surface area contributed by atoms with Crippen molar-refractivity contribution in [2.24, 2.45) is 5.73 Å². The molecule has 2 amide bonds. The Hall–Kier alpha value is -2.32. The third-order valence-electron chi connectivity index (χ3n) is 3.20. The largest absolute Gasteiger partial charge is 0.323 e. The van der Waals surface area contributed by atoms with E-state index in [0.717, 1.165) is 6.42 Å². The van der Waals surface area contributed by atoms with Crippen LogP contribution in [-0.4, -0.2) is 24.4 Å². The third-order valence-corrected chi connectivity index (χ3v) is 3.20. The van der Waals surface area contributed by atoms with Gasteiger partial charge in [0.1, 0.15) is 0 Å². The zero-order valence-corrected chi connectivity index (χ0v) is 11.1. The van der Waals surface area contributed by atoms with Crippen LogP contribution in [0.15, 0.2) is 24.3 Å². The van der Waals surface area contributed by atoms with E-state index >= 15 is 0 Å². The van der Waals surface area contributed by atoms with Crippen molar-refractivity contribution in [2.75, 3.05) is 16.8 Å². The number of rotatable bonds is 4. The van der Waals surface area contributed by atoms with Crippen LogP contribution in [0.5, 0.6) is 0 Å². The first kappa shape index (κ1) is 14.1. The maximum absolute atomic E-state index is 11.9. The minimum atomic E-state index is -0.748. The van der Waals surface area contributed by atoms with Gasteiger partial charge in [0.25, 0.3) is 0 Å². The van der Waals surface area contributed by atoms with Crippen LogP contribution in [0, 0.1) is 12.3 Å². The van der Waals surface area contributed by atoms with Gasteiger partial charge in [-0.2, -0.15) is 0 Å². The second-order valence-electron chi connectivity index (χ2n) is 4.67. The molecule has 1 aliphatic heterocycles. The summed E-state index contributed by atoms with van der Waals surface area (Å²) in [6, 6.07) is 6.44. The number of terminal acetylenes is 1. The van der Waals surface area contributed by atoms with Crippen molar-refractivity contribution in [3.8, 4) is 12.3 Å². The normalized spacial score (nSPS) is 15.8. The van der Waals surface area contributed by atoms with Gasteiger partial charge in [-0.25, -0.2) is 0 Å². The van der Waals surface area contributed by atoms with E-state index in [0.29, 0.717) is 24.3 Å². The van der Waals surface area contributed by atoms with E-state index in [9.17, 15) is 9.59 Å². The van der Waals surface area contributed by atoms with Gasteiger partial charge < -0.3 is 16.0 Å². The zero-order valence-electron chi connectivity index (χ0n) is 11.1. The van der Waals surface area contributed by atoms with Gasteiger partial charge in [-0.05, 0) is 18.6 Å². The maximum Gasteiger partial charge on any atom is 0.242 e. The van der Waals surface area contributed by atoms with Crippen LogP contribution < -0.4 is 16.0 Å². The summed E-state index contributed by atoms with van der Waals surface area (Å²) >= 11 is 0. The number of carbonyl (C=O) groups excluding carboxylic acids is 2. The van der Waals surface area contributed by atoms with E-state index in [1.165, 1.54) is 0 Å². The molecule has 1 atom stereocenters. The van der Waals surface area contributed by atoms with Crippen molar-refractivity contribution in [2.45, 2.75) is 25.3 Å². The molecule has 5 nitrogen and oxygen atoms in total. The van der Waals surface area contributed by atoms with Crippen LogP contribution in [0.1, 0.15) is 19.3 Å². The third kappa shape index (κ3) is 2.98. The van der Waals surface area contributed by atoms with Crippen molar-refractivity contribution in [1.29, 1.82) is 0 Å². The summed E-state index contributed by atoms with van der Waals surface area (Å²) in [4.78, 5) is 25.4. The minimum absolute atomic E-state index is 0.0691. The van der Waals surface area contributed by atoms with E-state index in [-0.39, 0.29) is 18.2 Å². The summed E-state index contributed by atoms with van der Waals surface area (Å²) in [6.45, 7) is 0.669. The lowest BCUT2D eigenvalue weighted by molar-refractivity contribution is -0.118. The average molecular weight is 271 g/mol. The van der Waals surface area contributed by atoms with E-state index < -0.39 is 6.04 Å². The Bertz CT molecular complexity index is 562. The number of nitrogens with zero attached hydrogens (tertiary/aromatic N) is 1. The molecule has 1 aromatic rings. The summed E-state index contributed by atoms with van der Waals surface area (Å²) in [6.07, 6.45) is 6.69. The van der Waals surface area contributed by atoms with Crippen LogP contribution in [0.4, 0.5) is 11.4 Å². The Labute approximate surface area is 118 Å².